The second-order valence-electron chi connectivity index (χ2n) is 4.64. The van der Waals surface area contributed by atoms with Crippen LogP contribution >= 0.6 is 0 Å². The minimum Gasteiger partial charge on any atom is -0.326 e. The smallest absolute Gasteiger partial charge is 0.224 e. The first-order valence-corrected chi connectivity index (χ1v) is 6.28. The van der Waals surface area contributed by atoms with Crippen LogP contribution in [0.2, 0.25) is 0 Å². The molecule has 0 aromatic heterocycles. The van der Waals surface area contributed by atoms with Gasteiger partial charge in [-0.15, -0.1) is 0 Å². The van der Waals surface area contributed by atoms with Gasteiger partial charge in [0.15, 0.2) is 0 Å². The molecule has 1 heterocycles. The van der Waals surface area contributed by atoms with Crippen LogP contribution < -0.4 is 5.32 Å². The van der Waals surface area contributed by atoms with Crippen LogP contribution in [-0.2, 0) is 4.79 Å². The zero-order chi connectivity index (χ0) is 12.4. The minimum absolute atomic E-state index is 0.112. The molecule has 0 saturated carbocycles. The van der Waals surface area contributed by atoms with Gasteiger partial charge in [-0.25, -0.2) is 0 Å². The first-order chi connectivity index (χ1) is 8.84. The average Bonchev–Trinajstić information content (AvgIpc) is 2.58. The summed E-state index contributed by atoms with van der Waals surface area (Å²) in [5, 5.41) is 2.98. The van der Waals surface area contributed by atoms with Gasteiger partial charge in [0.05, 0.1) is 0 Å². The number of rotatable bonds is 1. The highest BCUT2D eigenvalue weighted by Gasteiger charge is 2.22. The number of hydrogen-bond donors (Lipinski definition) is 1. The molecule has 1 amide bonds. The molecule has 1 aliphatic heterocycles. The first-order valence-electron chi connectivity index (χ1n) is 6.28. The van der Waals surface area contributed by atoms with Gasteiger partial charge in [-0.1, -0.05) is 48.5 Å². The molecule has 18 heavy (non-hydrogen) atoms. The third kappa shape index (κ3) is 2.02. The van der Waals surface area contributed by atoms with Gasteiger partial charge >= 0.3 is 0 Å². The lowest BCUT2D eigenvalue weighted by Crippen LogP contribution is -2.08. The lowest BCUT2D eigenvalue weighted by atomic mass is 9.87. The Labute approximate surface area is 107 Å². The Morgan fingerprint density at radius 2 is 1.67 bits per heavy atom. The first kappa shape index (κ1) is 11.0. The van der Waals surface area contributed by atoms with Crippen molar-refractivity contribution in [2.24, 2.45) is 0 Å². The monoisotopic (exact) mass is 237 g/mol. The molecule has 2 aromatic rings. The number of carbonyl (C=O) groups is 1. The molecule has 0 radical (unpaired) electrons. The Kier molecular flexibility index (Phi) is 2.85. The van der Waals surface area contributed by atoms with Gasteiger partial charge in [0, 0.05) is 18.0 Å². The molecule has 0 spiro atoms. The molecule has 0 unspecified atom stereocenters. The van der Waals surface area contributed by atoms with Gasteiger partial charge < -0.3 is 5.32 Å². The van der Waals surface area contributed by atoms with E-state index in [2.05, 4.69) is 35.6 Å². The summed E-state index contributed by atoms with van der Waals surface area (Å²) in [5.41, 5.74) is 3.45. The van der Waals surface area contributed by atoms with Gasteiger partial charge in [0.25, 0.3) is 0 Å². The summed E-state index contributed by atoms with van der Waals surface area (Å²) in [5.74, 6) is 0.419. The number of hydrogen-bond acceptors (Lipinski definition) is 1. The van der Waals surface area contributed by atoms with Crippen molar-refractivity contribution in [1.29, 1.82) is 0 Å². The van der Waals surface area contributed by atoms with Gasteiger partial charge in [0.2, 0.25) is 5.91 Å². The number of nitrogens with one attached hydrogen (secondary N) is 1. The van der Waals surface area contributed by atoms with E-state index >= 15 is 0 Å². The summed E-state index contributed by atoms with van der Waals surface area (Å²) in [4.78, 5) is 11.7. The average molecular weight is 237 g/mol. The third-order valence-corrected chi connectivity index (χ3v) is 3.47. The van der Waals surface area contributed by atoms with Gasteiger partial charge in [-0.05, 0) is 23.6 Å². The van der Waals surface area contributed by atoms with E-state index in [1.165, 1.54) is 11.1 Å². The second kappa shape index (κ2) is 4.65. The van der Waals surface area contributed by atoms with E-state index in [1.54, 1.807) is 0 Å². The Morgan fingerprint density at radius 1 is 0.944 bits per heavy atom. The van der Waals surface area contributed by atoms with Crippen LogP contribution in [0.15, 0.2) is 54.6 Å². The highest BCUT2D eigenvalue weighted by Crippen LogP contribution is 2.36. The maximum atomic E-state index is 11.7. The van der Waals surface area contributed by atoms with Crippen molar-refractivity contribution in [2.45, 2.75) is 18.8 Å². The summed E-state index contributed by atoms with van der Waals surface area (Å²) < 4.78 is 0. The van der Waals surface area contributed by atoms with E-state index in [0.29, 0.717) is 12.3 Å². The molecule has 0 fully saturated rings. The molecule has 2 aromatic carbocycles. The van der Waals surface area contributed by atoms with Crippen molar-refractivity contribution in [1.82, 2.24) is 0 Å². The van der Waals surface area contributed by atoms with Crippen molar-refractivity contribution in [3.05, 3.63) is 65.7 Å². The predicted octanol–water partition coefficient (Wildman–Crippen LogP) is 3.55. The van der Waals surface area contributed by atoms with E-state index < -0.39 is 0 Å². The minimum atomic E-state index is 0.112. The molecule has 1 N–H and O–H groups in total. The predicted molar refractivity (Wildman–Crippen MR) is 72.6 cm³/mol. The quantitative estimate of drug-likeness (QED) is 0.807. The molecule has 2 heteroatoms. The molecule has 90 valence electrons. The van der Waals surface area contributed by atoms with Crippen LogP contribution in [0.25, 0.3) is 0 Å². The Hall–Kier alpha value is -2.09. The van der Waals surface area contributed by atoms with Crippen LogP contribution in [0.3, 0.4) is 0 Å². The lowest BCUT2D eigenvalue weighted by molar-refractivity contribution is -0.116. The fourth-order valence-corrected chi connectivity index (χ4v) is 2.59. The molecule has 1 atom stereocenters. The summed E-state index contributed by atoms with van der Waals surface area (Å²) in [6.45, 7) is 0. The van der Waals surface area contributed by atoms with Crippen molar-refractivity contribution in [2.75, 3.05) is 5.32 Å². The van der Waals surface area contributed by atoms with Crippen molar-refractivity contribution >= 4 is 11.6 Å². The van der Waals surface area contributed by atoms with E-state index in [9.17, 15) is 4.79 Å². The molecule has 0 saturated heterocycles. The van der Waals surface area contributed by atoms with E-state index in [0.717, 1.165) is 12.1 Å². The fraction of sp³-hybridized carbons (Fsp3) is 0.188. The molecule has 0 aliphatic carbocycles. The number of fused-ring (bicyclic) bond motifs is 1. The fourth-order valence-electron chi connectivity index (χ4n) is 2.59. The van der Waals surface area contributed by atoms with Crippen molar-refractivity contribution in [3.63, 3.8) is 0 Å². The van der Waals surface area contributed by atoms with E-state index in [-0.39, 0.29) is 5.91 Å². The molecular weight excluding hydrogens is 222 g/mol. The number of para-hydroxylation sites is 1. The highest BCUT2D eigenvalue weighted by molar-refractivity contribution is 5.92. The summed E-state index contributed by atoms with van der Waals surface area (Å²) in [6, 6.07) is 18.5. The standard InChI is InChI=1S/C16H15NO/c18-16-11-10-13(12-6-2-1-3-7-12)14-8-4-5-9-15(14)17-16/h1-9,13H,10-11H2,(H,17,18)/t13-/m1/s1. The maximum absolute atomic E-state index is 11.7. The molecule has 1 aliphatic rings. The van der Waals surface area contributed by atoms with Gasteiger partial charge in [0.1, 0.15) is 0 Å². The topological polar surface area (TPSA) is 29.1 Å². The second-order valence-corrected chi connectivity index (χ2v) is 4.64. The number of anilines is 1. The largest absolute Gasteiger partial charge is 0.326 e. The van der Waals surface area contributed by atoms with Crippen LogP contribution in [0.5, 0.6) is 0 Å². The summed E-state index contributed by atoms with van der Waals surface area (Å²) >= 11 is 0. The maximum Gasteiger partial charge on any atom is 0.224 e. The van der Waals surface area contributed by atoms with Crippen LogP contribution in [-0.4, -0.2) is 5.91 Å². The number of carbonyl (C=O) groups excluding carboxylic acids is 1. The third-order valence-electron chi connectivity index (χ3n) is 3.47. The van der Waals surface area contributed by atoms with Gasteiger partial charge in [-0.2, -0.15) is 0 Å². The number of amides is 1. The molecule has 3 rings (SSSR count). The number of benzene rings is 2. The Bertz CT molecular complexity index is 562. The van der Waals surface area contributed by atoms with Crippen molar-refractivity contribution in [3.8, 4) is 0 Å². The summed E-state index contributed by atoms with van der Waals surface area (Å²) in [6.07, 6.45) is 1.45. The lowest BCUT2D eigenvalue weighted by Gasteiger charge is -2.17. The van der Waals surface area contributed by atoms with Crippen LogP contribution in [0.4, 0.5) is 5.69 Å². The molecule has 0 bridgehead atoms. The van der Waals surface area contributed by atoms with E-state index in [1.807, 2.05) is 24.3 Å². The van der Waals surface area contributed by atoms with Gasteiger partial charge in [-0.3, -0.25) is 4.79 Å². The zero-order valence-electron chi connectivity index (χ0n) is 10.1. The Morgan fingerprint density at radius 3 is 2.50 bits per heavy atom. The van der Waals surface area contributed by atoms with E-state index in [4.69, 9.17) is 0 Å². The highest BCUT2D eigenvalue weighted by atomic mass is 16.1. The normalized spacial score (nSPS) is 18.7. The zero-order valence-corrected chi connectivity index (χ0v) is 10.1. The van der Waals surface area contributed by atoms with Crippen molar-refractivity contribution < 1.29 is 4.79 Å². The SMILES string of the molecule is O=C1CC[C@H](c2ccccc2)c2ccccc2N1. The molecule has 2 nitrogen and oxygen atoms in total. The van der Waals surface area contributed by atoms with Crippen LogP contribution in [0.1, 0.15) is 29.9 Å². The van der Waals surface area contributed by atoms with Crippen LogP contribution in [0, 0.1) is 0 Å². The Balaban J connectivity index is 2.08. The summed E-state index contributed by atoms with van der Waals surface area (Å²) in [7, 11) is 0. The molecular formula is C16H15NO.